The van der Waals surface area contributed by atoms with Crippen molar-refractivity contribution in [3.63, 3.8) is 0 Å². The van der Waals surface area contributed by atoms with Crippen molar-refractivity contribution < 1.29 is 5.11 Å². The number of aryl methyl sites for hydroxylation is 1. The lowest BCUT2D eigenvalue weighted by molar-refractivity contribution is 0.0948. The fourth-order valence-corrected chi connectivity index (χ4v) is 6.53. The van der Waals surface area contributed by atoms with E-state index in [9.17, 15) is 5.11 Å². The van der Waals surface area contributed by atoms with Crippen LogP contribution in [0, 0.1) is 18.8 Å². The van der Waals surface area contributed by atoms with Crippen molar-refractivity contribution >= 4 is 28.2 Å². The van der Waals surface area contributed by atoms with Crippen LogP contribution >= 0.6 is 11.6 Å². The number of piperidine rings is 1. The first-order chi connectivity index (χ1) is 16.6. The zero-order valence-electron chi connectivity index (χ0n) is 19.0. The van der Waals surface area contributed by atoms with E-state index < -0.39 is 6.10 Å². The van der Waals surface area contributed by atoms with E-state index in [1.54, 1.807) is 6.20 Å². The van der Waals surface area contributed by atoms with Gasteiger partial charge in [0, 0.05) is 41.3 Å². The average molecular weight is 475 g/mol. The van der Waals surface area contributed by atoms with E-state index in [1.165, 1.54) is 12.8 Å². The SMILES string of the molecule is Cc1ncccc1C(O)C1[C@@H]2CC[C@H]1N(c1cc3c(cnn3-c3cnn(C4CC4)c3)cc1Cl)C2. The number of hydrogen-bond acceptors (Lipinski definition) is 5. The summed E-state index contributed by atoms with van der Waals surface area (Å²) in [7, 11) is 0. The van der Waals surface area contributed by atoms with Crippen LogP contribution in [0.5, 0.6) is 0 Å². The molecule has 34 heavy (non-hydrogen) atoms. The molecule has 0 spiro atoms. The highest BCUT2D eigenvalue weighted by atomic mass is 35.5. The number of pyridine rings is 1. The number of benzene rings is 1. The molecule has 4 heterocycles. The molecule has 0 amide bonds. The van der Waals surface area contributed by atoms with Crippen LogP contribution in [0.1, 0.15) is 49.1 Å². The highest BCUT2D eigenvalue weighted by Gasteiger charge is 2.50. The molecule has 8 heteroatoms. The Morgan fingerprint density at radius 3 is 2.82 bits per heavy atom. The minimum atomic E-state index is -0.516. The number of fused-ring (bicyclic) bond motifs is 3. The number of nitrogens with zero attached hydrogens (tertiary/aromatic N) is 6. The lowest BCUT2D eigenvalue weighted by Crippen LogP contribution is -2.34. The van der Waals surface area contributed by atoms with Gasteiger partial charge in [-0.25, -0.2) is 4.68 Å². The van der Waals surface area contributed by atoms with Crippen LogP contribution in [-0.4, -0.2) is 42.2 Å². The van der Waals surface area contributed by atoms with Gasteiger partial charge in [-0.05, 0) is 56.7 Å². The summed E-state index contributed by atoms with van der Waals surface area (Å²) in [6, 6.07) is 8.89. The first kappa shape index (κ1) is 20.5. The van der Waals surface area contributed by atoms with E-state index in [0.29, 0.717) is 12.0 Å². The Bertz CT molecular complexity index is 1390. The molecule has 0 radical (unpaired) electrons. The standard InChI is InChI=1S/C26H27ClN6O/c1-15-20(3-2-8-28-15)26(34)25-16-4-7-22(25)31(13-16)24-10-23-17(9-21(24)27)11-30-33(23)19-12-29-32(14-19)18-5-6-18/h2-3,8-12,14,16,18,22,25-26,34H,4-7,13H2,1H3/t16-,22-,25?,26?/m1/s1. The van der Waals surface area contributed by atoms with Crippen LogP contribution < -0.4 is 4.90 Å². The van der Waals surface area contributed by atoms with Gasteiger partial charge in [0.05, 0.1) is 47.0 Å². The van der Waals surface area contributed by atoms with Crippen molar-refractivity contribution in [1.82, 2.24) is 24.5 Å². The van der Waals surface area contributed by atoms with E-state index in [-0.39, 0.29) is 12.0 Å². The molecule has 4 aromatic rings. The number of aliphatic hydroxyl groups excluding tert-OH is 1. The molecule has 7 nitrogen and oxygen atoms in total. The predicted molar refractivity (Wildman–Crippen MR) is 131 cm³/mol. The summed E-state index contributed by atoms with van der Waals surface area (Å²) in [6.07, 6.45) is 11.7. The zero-order valence-corrected chi connectivity index (χ0v) is 19.8. The Morgan fingerprint density at radius 2 is 2.00 bits per heavy atom. The van der Waals surface area contributed by atoms with Crippen molar-refractivity contribution in [2.45, 2.75) is 50.8 Å². The molecule has 1 aliphatic heterocycles. The second kappa shape index (κ2) is 7.55. The molecule has 2 unspecified atom stereocenters. The molecule has 2 bridgehead atoms. The smallest absolute Gasteiger partial charge is 0.103 e. The summed E-state index contributed by atoms with van der Waals surface area (Å²) in [6.45, 7) is 2.88. The number of aliphatic hydroxyl groups is 1. The molecular formula is C26H27ClN6O. The van der Waals surface area contributed by atoms with E-state index in [4.69, 9.17) is 11.6 Å². The second-order valence-electron chi connectivity index (χ2n) is 10.1. The summed E-state index contributed by atoms with van der Waals surface area (Å²) >= 11 is 6.83. The van der Waals surface area contributed by atoms with Crippen LogP contribution in [0.4, 0.5) is 5.69 Å². The van der Waals surface area contributed by atoms with Crippen molar-refractivity contribution in [3.05, 3.63) is 65.3 Å². The Hall–Kier alpha value is -2.90. The first-order valence-electron chi connectivity index (χ1n) is 12.2. The van der Waals surface area contributed by atoms with E-state index in [1.807, 2.05) is 46.9 Å². The monoisotopic (exact) mass is 474 g/mol. The van der Waals surface area contributed by atoms with Gasteiger partial charge in [0.15, 0.2) is 0 Å². The van der Waals surface area contributed by atoms with Crippen molar-refractivity contribution in [2.24, 2.45) is 11.8 Å². The summed E-state index contributed by atoms with van der Waals surface area (Å²) in [5.41, 5.74) is 4.87. The topological polar surface area (TPSA) is 72.0 Å². The highest BCUT2D eigenvalue weighted by Crippen LogP contribution is 2.51. The summed E-state index contributed by atoms with van der Waals surface area (Å²) in [4.78, 5) is 6.82. The van der Waals surface area contributed by atoms with Gasteiger partial charge in [-0.15, -0.1) is 0 Å². The van der Waals surface area contributed by atoms with Gasteiger partial charge in [0.25, 0.3) is 0 Å². The summed E-state index contributed by atoms with van der Waals surface area (Å²) in [5.74, 6) is 0.615. The van der Waals surface area contributed by atoms with Crippen molar-refractivity contribution in [2.75, 3.05) is 11.4 Å². The maximum absolute atomic E-state index is 11.4. The first-order valence-corrected chi connectivity index (χ1v) is 12.5. The lowest BCUT2D eigenvalue weighted by atomic mass is 9.87. The van der Waals surface area contributed by atoms with Crippen LogP contribution in [0.2, 0.25) is 5.02 Å². The highest BCUT2D eigenvalue weighted by molar-refractivity contribution is 6.34. The fourth-order valence-electron chi connectivity index (χ4n) is 6.25. The minimum absolute atomic E-state index is 0.177. The van der Waals surface area contributed by atoms with Gasteiger partial charge in [-0.2, -0.15) is 10.2 Å². The quantitative estimate of drug-likeness (QED) is 0.447. The van der Waals surface area contributed by atoms with E-state index in [2.05, 4.69) is 32.3 Å². The van der Waals surface area contributed by atoms with E-state index >= 15 is 0 Å². The summed E-state index contributed by atoms with van der Waals surface area (Å²) < 4.78 is 4.01. The molecule has 4 atom stereocenters. The molecule has 1 saturated heterocycles. The molecule has 7 rings (SSSR count). The van der Waals surface area contributed by atoms with Gasteiger partial charge < -0.3 is 10.0 Å². The molecule has 3 aromatic heterocycles. The summed E-state index contributed by atoms with van der Waals surface area (Å²) in [5, 5.41) is 22.3. The molecule has 2 aliphatic carbocycles. The minimum Gasteiger partial charge on any atom is -0.388 e. The van der Waals surface area contributed by atoms with Gasteiger partial charge in [-0.1, -0.05) is 17.7 Å². The van der Waals surface area contributed by atoms with Crippen LogP contribution in [0.15, 0.2) is 49.1 Å². The average Bonchev–Trinajstić information content (AvgIpc) is 3.17. The maximum atomic E-state index is 11.4. The Morgan fingerprint density at radius 1 is 1.12 bits per heavy atom. The third-order valence-corrected chi connectivity index (χ3v) is 8.39. The largest absolute Gasteiger partial charge is 0.388 e. The zero-order chi connectivity index (χ0) is 23.0. The van der Waals surface area contributed by atoms with Crippen LogP contribution in [0.25, 0.3) is 16.6 Å². The van der Waals surface area contributed by atoms with Crippen molar-refractivity contribution in [1.29, 1.82) is 0 Å². The van der Waals surface area contributed by atoms with E-state index in [0.717, 1.165) is 57.9 Å². The predicted octanol–water partition coefficient (Wildman–Crippen LogP) is 4.86. The van der Waals surface area contributed by atoms with Gasteiger partial charge in [0.2, 0.25) is 0 Å². The number of halogens is 1. The molecule has 3 fully saturated rings. The Balaban J connectivity index is 1.24. The maximum Gasteiger partial charge on any atom is 0.103 e. The Kier molecular flexibility index (Phi) is 4.55. The van der Waals surface area contributed by atoms with Crippen LogP contribution in [0.3, 0.4) is 0 Å². The number of aromatic nitrogens is 5. The normalized spacial score (nSPS) is 24.9. The Labute approximate surface area is 203 Å². The molecule has 2 saturated carbocycles. The molecule has 1 aromatic carbocycles. The third kappa shape index (κ3) is 3.10. The number of hydrogen-bond donors (Lipinski definition) is 1. The lowest BCUT2D eigenvalue weighted by Gasteiger charge is -2.31. The molecular weight excluding hydrogens is 448 g/mol. The molecule has 174 valence electrons. The number of rotatable bonds is 5. The van der Waals surface area contributed by atoms with Crippen molar-refractivity contribution in [3.8, 4) is 5.69 Å². The fraction of sp³-hybridized carbons (Fsp3) is 0.423. The molecule has 1 N–H and O–H groups in total. The second-order valence-corrected chi connectivity index (χ2v) is 10.5. The van der Waals surface area contributed by atoms with Crippen LogP contribution in [-0.2, 0) is 0 Å². The molecule has 3 aliphatic rings. The number of anilines is 1. The third-order valence-electron chi connectivity index (χ3n) is 8.08. The van der Waals surface area contributed by atoms with Gasteiger partial charge in [0.1, 0.15) is 5.69 Å². The van der Waals surface area contributed by atoms with Gasteiger partial charge in [-0.3, -0.25) is 9.67 Å². The van der Waals surface area contributed by atoms with Gasteiger partial charge >= 0.3 is 0 Å².